The van der Waals surface area contributed by atoms with Crippen LogP contribution in [0.2, 0.25) is 0 Å². The molecule has 7 nitrogen and oxygen atoms in total. The standard InChI is InChI=1S/C19H14BrIN4O3S/c1-3-8-29-19-22-17(27)15-11-6-4-5-7-13(11)24(10(2)26)18(25(15)23-19)14-9-12(20)16(21)28-14/h3-7,9,18H,1,8H2,2H3. The number of benzene rings is 1. The monoisotopic (exact) mass is 584 g/mol. The van der Waals surface area contributed by atoms with Crippen LogP contribution in [0.15, 0.2) is 57.0 Å². The Hall–Kier alpha value is -1.92. The number of thioether (sulfide) groups is 1. The number of anilines is 1. The molecule has 1 aliphatic rings. The van der Waals surface area contributed by atoms with Crippen molar-refractivity contribution in [1.29, 1.82) is 0 Å². The van der Waals surface area contributed by atoms with Gasteiger partial charge in [0.15, 0.2) is 9.53 Å². The number of halogens is 2. The molecule has 29 heavy (non-hydrogen) atoms. The zero-order valence-electron chi connectivity index (χ0n) is 15.1. The summed E-state index contributed by atoms with van der Waals surface area (Å²) in [7, 11) is 0. The van der Waals surface area contributed by atoms with Gasteiger partial charge in [-0.3, -0.25) is 4.79 Å². The van der Waals surface area contributed by atoms with Gasteiger partial charge in [-0.15, -0.1) is 6.58 Å². The summed E-state index contributed by atoms with van der Waals surface area (Å²) in [5.41, 5.74) is 1.53. The van der Waals surface area contributed by atoms with Crippen LogP contribution in [0.4, 0.5) is 5.69 Å². The molecular weight excluding hydrogens is 571 g/mol. The summed E-state index contributed by atoms with van der Waals surface area (Å²) in [5.74, 6) is 0.428. The summed E-state index contributed by atoms with van der Waals surface area (Å²) in [6.07, 6.45) is 0.958. The minimum absolute atomic E-state index is 0.200. The summed E-state index contributed by atoms with van der Waals surface area (Å²) in [4.78, 5) is 18.4. The second kappa shape index (κ2) is 8.07. The Kier molecular flexibility index (Phi) is 5.67. The van der Waals surface area contributed by atoms with E-state index in [1.54, 1.807) is 29.2 Å². The molecule has 1 aliphatic heterocycles. The van der Waals surface area contributed by atoms with Crippen molar-refractivity contribution in [3.8, 4) is 17.1 Å². The molecular formula is C19H14BrIN4O3S. The van der Waals surface area contributed by atoms with Crippen LogP contribution in [0.5, 0.6) is 5.88 Å². The van der Waals surface area contributed by atoms with E-state index in [1.165, 1.54) is 23.4 Å². The van der Waals surface area contributed by atoms with Crippen LogP contribution in [0.25, 0.3) is 11.3 Å². The predicted molar refractivity (Wildman–Crippen MR) is 118 cm³/mol. The van der Waals surface area contributed by atoms with Crippen LogP contribution >= 0.6 is 50.3 Å². The first kappa shape index (κ1) is 20.4. The van der Waals surface area contributed by atoms with E-state index in [4.69, 9.17) is 4.42 Å². The Labute approximate surface area is 193 Å². The van der Waals surface area contributed by atoms with Crippen LogP contribution in [-0.4, -0.2) is 21.7 Å². The molecule has 0 bridgehead atoms. The zero-order valence-corrected chi connectivity index (χ0v) is 19.7. The van der Waals surface area contributed by atoms with Crippen molar-refractivity contribution in [2.45, 2.75) is 18.2 Å². The Bertz CT molecular complexity index is 1120. The average Bonchev–Trinajstić information content (AvgIpc) is 3.02. The molecule has 4 rings (SSSR count). The number of carbonyl (C=O) groups excluding carboxylic acids is 1. The van der Waals surface area contributed by atoms with E-state index < -0.39 is 12.0 Å². The zero-order chi connectivity index (χ0) is 20.7. The highest BCUT2D eigenvalue weighted by atomic mass is 127. The molecule has 10 heteroatoms. The number of para-hydroxylation sites is 1. The van der Waals surface area contributed by atoms with Gasteiger partial charge in [-0.05, 0) is 32.7 Å². The van der Waals surface area contributed by atoms with Crippen molar-refractivity contribution in [1.82, 2.24) is 10.1 Å². The summed E-state index contributed by atoms with van der Waals surface area (Å²) < 4.78 is 8.84. The third kappa shape index (κ3) is 3.57. The summed E-state index contributed by atoms with van der Waals surface area (Å²) in [6, 6.07) is 9.01. The van der Waals surface area contributed by atoms with Gasteiger partial charge in [-0.25, -0.2) is 9.88 Å². The van der Waals surface area contributed by atoms with Crippen LogP contribution in [0.1, 0.15) is 18.8 Å². The fourth-order valence-electron chi connectivity index (χ4n) is 3.22. The van der Waals surface area contributed by atoms with E-state index >= 15 is 0 Å². The molecule has 0 saturated carbocycles. The maximum absolute atomic E-state index is 13.0. The molecule has 3 aromatic rings. The van der Waals surface area contributed by atoms with Crippen molar-refractivity contribution >= 4 is 61.9 Å². The SMILES string of the molecule is C=CCSc1nc([O-])c2[n+](n1)C(c1cc(Br)c(I)o1)N(C(C)=O)c1ccccc1-2. The first-order valence-electron chi connectivity index (χ1n) is 8.51. The van der Waals surface area contributed by atoms with Crippen molar-refractivity contribution in [2.24, 2.45) is 0 Å². The van der Waals surface area contributed by atoms with Crippen molar-refractivity contribution < 1.29 is 19.0 Å². The number of nitrogens with zero attached hydrogens (tertiary/aromatic N) is 4. The summed E-state index contributed by atoms with van der Waals surface area (Å²) in [6.45, 7) is 5.17. The van der Waals surface area contributed by atoms with Crippen LogP contribution < -0.4 is 14.7 Å². The van der Waals surface area contributed by atoms with Gasteiger partial charge in [0.2, 0.25) is 5.91 Å². The lowest BCUT2D eigenvalue weighted by molar-refractivity contribution is -0.765. The molecule has 1 atom stereocenters. The lowest BCUT2D eigenvalue weighted by Crippen LogP contribution is -2.58. The van der Waals surface area contributed by atoms with Crippen LogP contribution in [0.3, 0.4) is 0 Å². The molecule has 1 unspecified atom stereocenters. The largest absolute Gasteiger partial charge is 0.854 e. The molecule has 0 aliphatic carbocycles. The van der Waals surface area contributed by atoms with Gasteiger partial charge < -0.3 is 9.52 Å². The molecule has 1 amide bonds. The number of carbonyl (C=O) groups is 1. The Morgan fingerprint density at radius 3 is 2.93 bits per heavy atom. The third-order valence-corrected chi connectivity index (χ3v) is 7.27. The Morgan fingerprint density at radius 2 is 2.28 bits per heavy atom. The molecule has 148 valence electrons. The third-order valence-electron chi connectivity index (χ3n) is 4.31. The van der Waals surface area contributed by atoms with Gasteiger partial charge in [-0.2, -0.15) is 0 Å². The van der Waals surface area contributed by atoms with Gasteiger partial charge >= 0.3 is 6.17 Å². The maximum Gasteiger partial charge on any atom is 0.325 e. The molecule has 0 N–H and O–H groups in total. The van der Waals surface area contributed by atoms with E-state index in [0.29, 0.717) is 37.4 Å². The second-order valence-electron chi connectivity index (χ2n) is 6.14. The highest BCUT2D eigenvalue weighted by molar-refractivity contribution is 14.1. The molecule has 0 saturated heterocycles. The van der Waals surface area contributed by atoms with Gasteiger partial charge in [0.05, 0.1) is 21.6 Å². The summed E-state index contributed by atoms with van der Waals surface area (Å²) >= 11 is 6.81. The molecule has 0 fully saturated rings. The first-order valence-corrected chi connectivity index (χ1v) is 11.4. The lowest BCUT2D eigenvalue weighted by atomic mass is 10.0. The van der Waals surface area contributed by atoms with Crippen molar-refractivity contribution in [2.75, 3.05) is 10.7 Å². The van der Waals surface area contributed by atoms with E-state index in [2.05, 4.69) is 55.2 Å². The number of hydrogen-bond acceptors (Lipinski definition) is 6. The number of amides is 1. The highest BCUT2D eigenvalue weighted by Crippen LogP contribution is 2.41. The van der Waals surface area contributed by atoms with Crippen molar-refractivity contribution in [3.63, 3.8) is 0 Å². The van der Waals surface area contributed by atoms with E-state index in [0.717, 1.165) is 4.47 Å². The quantitative estimate of drug-likeness (QED) is 0.201. The molecule has 1 aromatic carbocycles. The fourth-order valence-corrected chi connectivity index (χ4v) is 4.49. The Morgan fingerprint density at radius 1 is 1.52 bits per heavy atom. The first-order chi connectivity index (χ1) is 13.9. The van der Waals surface area contributed by atoms with Gasteiger partial charge in [0, 0.05) is 46.4 Å². The number of rotatable bonds is 4. The molecule has 3 heterocycles. The minimum atomic E-state index is -0.754. The second-order valence-corrected chi connectivity index (χ2v) is 8.96. The topological polar surface area (TPSA) is 86.2 Å². The van der Waals surface area contributed by atoms with Crippen molar-refractivity contribution in [3.05, 3.63) is 57.0 Å². The van der Waals surface area contributed by atoms with E-state index in [-0.39, 0.29) is 5.91 Å². The maximum atomic E-state index is 13.0. The Balaban J connectivity index is 2.03. The normalized spacial score (nSPS) is 15.0. The molecule has 0 spiro atoms. The van der Waals surface area contributed by atoms with Gasteiger partial charge in [0.25, 0.3) is 10.9 Å². The van der Waals surface area contributed by atoms with E-state index in [1.807, 2.05) is 12.1 Å². The van der Waals surface area contributed by atoms with E-state index in [9.17, 15) is 9.90 Å². The minimum Gasteiger partial charge on any atom is -0.854 e. The molecule has 2 aromatic heterocycles. The lowest BCUT2D eigenvalue weighted by Gasteiger charge is -2.31. The highest BCUT2D eigenvalue weighted by Gasteiger charge is 2.45. The molecule has 0 radical (unpaired) electrons. The van der Waals surface area contributed by atoms with Crippen LogP contribution in [-0.2, 0) is 4.79 Å². The number of fused-ring (bicyclic) bond motifs is 3. The smallest absolute Gasteiger partial charge is 0.325 e. The van der Waals surface area contributed by atoms with Crippen LogP contribution in [0, 0.1) is 3.77 Å². The average molecular weight is 585 g/mol. The predicted octanol–water partition coefficient (Wildman–Crippen LogP) is 3.66. The number of hydrogen-bond donors (Lipinski definition) is 0. The van der Waals surface area contributed by atoms with Gasteiger partial charge in [-0.1, -0.05) is 30.0 Å². The summed E-state index contributed by atoms with van der Waals surface area (Å²) in [5, 5.41) is 17.9. The number of furan rings is 1. The number of aromatic nitrogens is 3. The van der Waals surface area contributed by atoms with Gasteiger partial charge in [0.1, 0.15) is 0 Å². The fraction of sp³-hybridized carbons (Fsp3) is 0.158.